The molecule has 1 N–H and O–H groups in total. The predicted octanol–water partition coefficient (Wildman–Crippen LogP) is 2.25. The van der Waals surface area contributed by atoms with Gasteiger partial charge in [0.05, 0.1) is 12.4 Å². The maximum Gasteiger partial charge on any atom is 0.239 e. The Morgan fingerprint density at radius 3 is 3.00 bits per heavy atom. The van der Waals surface area contributed by atoms with Crippen LogP contribution < -0.4 is 10.1 Å². The Labute approximate surface area is 146 Å². The first-order chi connectivity index (χ1) is 11.7. The highest BCUT2D eigenvalue weighted by Gasteiger charge is 2.21. The van der Waals surface area contributed by atoms with E-state index in [1.54, 1.807) is 30.3 Å². The number of thiazole rings is 1. The summed E-state index contributed by atoms with van der Waals surface area (Å²) in [6.07, 6.45) is 1.64. The summed E-state index contributed by atoms with van der Waals surface area (Å²) < 4.78 is 6.89. The number of nitrogens with one attached hydrogen (secondary N) is 1. The topological polar surface area (TPSA) is 94.8 Å². The van der Waals surface area contributed by atoms with Gasteiger partial charge in [0.15, 0.2) is 5.13 Å². The minimum Gasteiger partial charge on any atom is -0.494 e. The van der Waals surface area contributed by atoms with E-state index in [0.717, 1.165) is 0 Å². The lowest BCUT2D eigenvalue weighted by Crippen LogP contribution is -2.22. The van der Waals surface area contributed by atoms with Crippen molar-refractivity contribution in [1.29, 1.82) is 0 Å². The number of nitrogens with zero attached hydrogens (tertiary/aromatic N) is 5. The van der Waals surface area contributed by atoms with Crippen LogP contribution in [0.1, 0.15) is 6.92 Å². The van der Waals surface area contributed by atoms with Gasteiger partial charge in [-0.25, -0.2) is 4.98 Å². The van der Waals surface area contributed by atoms with Gasteiger partial charge >= 0.3 is 0 Å². The fourth-order valence-corrected chi connectivity index (χ4v) is 3.24. The number of thioether (sulfide) groups is 1. The fraction of sp³-hybridized carbons (Fsp3) is 0.214. The molecule has 1 amide bonds. The molecule has 0 aliphatic carbocycles. The van der Waals surface area contributed by atoms with Crippen LogP contribution in [0.4, 0.5) is 5.13 Å². The first-order valence-corrected chi connectivity index (χ1v) is 8.73. The molecule has 2 heterocycles. The molecule has 8 nitrogen and oxygen atoms in total. The van der Waals surface area contributed by atoms with Gasteiger partial charge in [-0.15, -0.1) is 16.4 Å². The number of para-hydroxylation sites is 2. The van der Waals surface area contributed by atoms with Gasteiger partial charge in [0.25, 0.3) is 0 Å². The molecule has 0 fully saturated rings. The fourth-order valence-electron chi connectivity index (χ4n) is 1.91. The number of carbonyl (C=O) groups is 1. The monoisotopic (exact) mass is 362 g/mol. The standard InChI is InChI=1S/C14H14N6O2S2/c1-9(12(21)16-13-15-7-8-23-13)24-14-17-18-19-20(14)10-5-3-4-6-11(10)22-2/h3-9H,1-2H3,(H,15,16,21). The summed E-state index contributed by atoms with van der Waals surface area (Å²) in [6.45, 7) is 1.79. The Morgan fingerprint density at radius 2 is 2.25 bits per heavy atom. The Kier molecular flexibility index (Phi) is 5.06. The smallest absolute Gasteiger partial charge is 0.239 e. The summed E-state index contributed by atoms with van der Waals surface area (Å²) in [5.41, 5.74) is 0.708. The number of amides is 1. The summed E-state index contributed by atoms with van der Waals surface area (Å²) in [4.78, 5) is 16.3. The summed E-state index contributed by atoms with van der Waals surface area (Å²) in [7, 11) is 1.58. The van der Waals surface area contributed by atoms with Gasteiger partial charge in [-0.05, 0) is 29.5 Å². The largest absolute Gasteiger partial charge is 0.494 e. The van der Waals surface area contributed by atoms with Crippen molar-refractivity contribution in [3.63, 3.8) is 0 Å². The van der Waals surface area contributed by atoms with Crippen LogP contribution in [-0.2, 0) is 4.79 Å². The zero-order chi connectivity index (χ0) is 16.9. The van der Waals surface area contributed by atoms with E-state index in [2.05, 4.69) is 25.8 Å². The van der Waals surface area contributed by atoms with Gasteiger partial charge in [-0.2, -0.15) is 4.68 Å². The van der Waals surface area contributed by atoms with Crippen molar-refractivity contribution >= 4 is 34.1 Å². The van der Waals surface area contributed by atoms with Gasteiger partial charge in [0.1, 0.15) is 11.4 Å². The van der Waals surface area contributed by atoms with Crippen LogP contribution in [0.3, 0.4) is 0 Å². The van der Waals surface area contributed by atoms with Crippen molar-refractivity contribution in [2.45, 2.75) is 17.3 Å². The summed E-state index contributed by atoms with van der Waals surface area (Å²) in [6, 6.07) is 7.40. The lowest BCUT2D eigenvalue weighted by Gasteiger charge is -2.11. The van der Waals surface area contributed by atoms with Crippen LogP contribution in [-0.4, -0.2) is 43.5 Å². The third-order valence-corrected chi connectivity index (χ3v) is 4.79. The molecule has 3 aromatic rings. The molecule has 24 heavy (non-hydrogen) atoms. The van der Waals surface area contributed by atoms with Gasteiger partial charge < -0.3 is 10.1 Å². The molecule has 1 unspecified atom stereocenters. The van der Waals surface area contributed by atoms with E-state index < -0.39 is 5.25 Å². The molecular formula is C14H14N6O2S2. The van der Waals surface area contributed by atoms with E-state index in [0.29, 0.717) is 21.7 Å². The van der Waals surface area contributed by atoms with Crippen LogP contribution in [0.25, 0.3) is 5.69 Å². The molecule has 0 aliphatic rings. The highest BCUT2D eigenvalue weighted by Crippen LogP contribution is 2.28. The highest BCUT2D eigenvalue weighted by molar-refractivity contribution is 8.00. The normalized spacial score (nSPS) is 11.9. The van der Waals surface area contributed by atoms with Gasteiger partial charge in [-0.1, -0.05) is 23.9 Å². The number of carbonyl (C=O) groups excluding carboxylic acids is 1. The molecule has 0 radical (unpaired) electrons. The quantitative estimate of drug-likeness (QED) is 0.672. The van der Waals surface area contributed by atoms with Crippen molar-refractivity contribution < 1.29 is 9.53 Å². The van der Waals surface area contributed by atoms with Crippen molar-refractivity contribution in [2.75, 3.05) is 12.4 Å². The minimum absolute atomic E-state index is 0.162. The number of tetrazole rings is 1. The van der Waals surface area contributed by atoms with Crippen molar-refractivity contribution in [3.05, 3.63) is 35.8 Å². The second-order valence-electron chi connectivity index (χ2n) is 4.63. The molecule has 0 spiro atoms. The first-order valence-electron chi connectivity index (χ1n) is 6.98. The van der Waals surface area contributed by atoms with Crippen LogP contribution in [0, 0.1) is 0 Å². The second-order valence-corrected chi connectivity index (χ2v) is 6.83. The maximum absolute atomic E-state index is 12.2. The van der Waals surface area contributed by atoms with Crippen LogP contribution in [0.15, 0.2) is 41.0 Å². The number of rotatable bonds is 6. The Hall–Kier alpha value is -2.46. The van der Waals surface area contributed by atoms with E-state index in [9.17, 15) is 4.79 Å². The third kappa shape index (κ3) is 3.54. The molecule has 0 saturated carbocycles. The number of anilines is 1. The number of hydrogen-bond acceptors (Lipinski definition) is 8. The van der Waals surface area contributed by atoms with Crippen LogP contribution in [0.2, 0.25) is 0 Å². The maximum atomic E-state index is 12.2. The molecule has 1 atom stereocenters. The Bertz CT molecular complexity index is 820. The molecule has 0 bridgehead atoms. The summed E-state index contributed by atoms with van der Waals surface area (Å²) in [5, 5.41) is 16.9. The first kappa shape index (κ1) is 16.4. The number of benzene rings is 1. The van der Waals surface area contributed by atoms with Crippen LogP contribution >= 0.6 is 23.1 Å². The summed E-state index contributed by atoms with van der Waals surface area (Å²) >= 11 is 2.62. The zero-order valence-electron chi connectivity index (χ0n) is 12.9. The molecule has 2 aromatic heterocycles. The van der Waals surface area contributed by atoms with Crippen molar-refractivity contribution in [3.8, 4) is 11.4 Å². The average molecular weight is 362 g/mol. The van der Waals surface area contributed by atoms with E-state index in [1.807, 2.05) is 24.3 Å². The number of ether oxygens (including phenoxy) is 1. The van der Waals surface area contributed by atoms with Crippen molar-refractivity contribution in [1.82, 2.24) is 25.2 Å². The van der Waals surface area contributed by atoms with E-state index in [-0.39, 0.29) is 5.91 Å². The van der Waals surface area contributed by atoms with Gasteiger partial charge in [0, 0.05) is 11.6 Å². The molecule has 1 aromatic carbocycles. The molecule has 124 valence electrons. The number of methoxy groups -OCH3 is 1. The molecule has 0 aliphatic heterocycles. The van der Waals surface area contributed by atoms with E-state index in [4.69, 9.17) is 4.74 Å². The predicted molar refractivity (Wildman–Crippen MR) is 91.8 cm³/mol. The number of aromatic nitrogens is 5. The molecule has 3 rings (SSSR count). The number of hydrogen-bond donors (Lipinski definition) is 1. The highest BCUT2D eigenvalue weighted by atomic mass is 32.2. The van der Waals surface area contributed by atoms with Gasteiger partial charge in [-0.3, -0.25) is 4.79 Å². The SMILES string of the molecule is COc1ccccc1-n1nnnc1SC(C)C(=O)Nc1nccs1. The minimum atomic E-state index is -0.395. The van der Waals surface area contributed by atoms with E-state index in [1.165, 1.54) is 23.1 Å². The Balaban J connectivity index is 1.77. The van der Waals surface area contributed by atoms with E-state index >= 15 is 0 Å². The average Bonchev–Trinajstić information content (AvgIpc) is 3.26. The Morgan fingerprint density at radius 1 is 1.42 bits per heavy atom. The zero-order valence-corrected chi connectivity index (χ0v) is 14.5. The summed E-state index contributed by atoms with van der Waals surface area (Å²) in [5.74, 6) is 0.482. The molecule has 10 heteroatoms. The molecular weight excluding hydrogens is 348 g/mol. The molecule has 0 saturated heterocycles. The third-order valence-electron chi connectivity index (χ3n) is 3.07. The van der Waals surface area contributed by atoms with Crippen LogP contribution in [0.5, 0.6) is 5.75 Å². The van der Waals surface area contributed by atoms with Crippen molar-refractivity contribution in [2.24, 2.45) is 0 Å². The van der Waals surface area contributed by atoms with Gasteiger partial charge in [0.2, 0.25) is 11.1 Å². The lowest BCUT2D eigenvalue weighted by molar-refractivity contribution is -0.115. The second kappa shape index (κ2) is 7.41. The lowest BCUT2D eigenvalue weighted by atomic mass is 10.3.